The summed E-state index contributed by atoms with van der Waals surface area (Å²) in [5.74, 6) is -0.00143. The first-order chi connectivity index (χ1) is 12.5. The first-order valence-electron chi connectivity index (χ1n) is 9.07. The lowest BCUT2D eigenvalue weighted by Gasteiger charge is -2.41. The zero-order chi connectivity index (χ0) is 18.3. The Morgan fingerprint density at radius 1 is 1.00 bits per heavy atom. The largest absolute Gasteiger partial charge is 0.336 e. The average Bonchev–Trinajstić information content (AvgIpc) is 3.10. The molecule has 5 nitrogen and oxygen atoms in total. The number of halogens is 1. The minimum atomic E-state index is -0.285. The number of carbonyl (C=O) groups excluding carboxylic acids is 3. The Balaban J connectivity index is 1.38. The van der Waals surface area contributed by atoms with Gasteiger partial charge in [0.2, 0.25) is 17.7 Å². The van der Waals surface area contributed by atoms with Gasteiger partial charge < -0.3 is 4.90 Å². The number of piperidine rings is 1. The summed E-state index contributed by atoms with van der Waals surface area (Å²) in [4.78, 5) is 41.1. The van der Waals surface area contributed by atoms with E-state index in [-0.39, 0.29) is 41.7 Å². The van der Waals surface area contributed by atoms with Crippen LogP contribution >= 0.6 is 11.8 Å². The van der Waals surface area contributed by atoms with Gasteiger partial charge in [-0.25, -0.2) is 4.39 Å². The normalized spacial score (nSPS) is 28.1. The quantitative estimate of drug-likeness (QED) is 0.599. The molecular formula is C19H21FN2O3S. The molecule has 0 spiro atoms. The van der Waals surface area contributed by atoms with Crippen LogP contribution < -0.4 is 0 Å². The minimum Gasteiger partial charge on any atom is -0.336 e. The summed E-state index contributed by atoms with van der Waals surface area (Å²) < 4.78 is 13.0. The number of benzene rings is 1. The fraction of sp³-hybridized carbons (Fsp3) is 0.526. The van der Waals surface area contributed by atoms with E-state index >= 15 is 0 Å². The molecule has 0 radical (unpaired) electrons. The van der Waals surface area contributed by atoms with Gasteiger partial charge >= 0.3 is 0 Å². The number of hydrogen-bond donors (Lipinski definition) is 0. The highest BCUT2D eigenvalue weighted by Gasteiger charge is 2.47. The standard InChI is InChI=1S/C19H21FN2O3S/c20-12-1-5-16(6-2-12)26-11-19(25)21-13-3-4-14(21)10-15(9-13)22-17(23)7-8-18(22)24/h1-2,5-6,13-15H,3-4,7-11H2. The van der Waals surface area contributed by atoms with E-state index < -0.39 is 0 Å². The minimum absolute atomic E-state index is 0.0520. The average molecular weight is 376 g/mol. The number of amides is 3. The van der Waals surface area contributed by atoms with Crippen molar-refractivity contribution in [1.29, 1.82) is 0 Å². The second-order valence-electron chi connectivity index (χ2n) is 7.21. The first-order valence-corrected chi connectivity index (χ1v) is 10.1. The van der Waals surface area contributed by atoms with Crippen LogP contribution in [0.2, 0.25) is 0 Å². The number of thioether (sulfide) groups is 1. The number of imide groups is 1. The van der Waals surface area contributed by atoms with E-state index in [1.54, 1.807) is 12.1 Å². The predicted molar refractivity (Wildman–Crippen MR) is 94.9 cm³/mol. The maximum absolute atomic E-state index is 13.0. The fourth-order valence-electron chi connectivity index (χ4n) is 4.52. The van der Waals surface area contributed by atoms with E-state index in [2.05, 4.69) is 0 Å². The lowest BCUT2D eigenvalue weighted by Crippen LogP contribution is -2.54. The van der Waals surface area contributed by atoms with Gasteiger partial charge in [-0.3, -0.25) is 19.3 Å². The molecule has 1 aromatic carbocycles. The molecular weight excluding hydrogens is 355 g/mol. The number of fused-ring (bicyclic) bond motifs is 2. The molecule has 3 amide bonds. The van der Waals surface area contributed by atoms with Crippen molar-refractivity contribution < 1.29 is 18.8 Å². The first kappa shape index (κ1) is 17.5. The molecule has 3 fully saturated rings. The molecule has 138 valence electrons. The third-order valence-electron chi connectivity index (χ3n) is 5.63. The van der Waals surface area contributed by atoms with Crippen LogP contribution in [-0.2, 0) is 14.4 Å². The van der Waals surface area contributed by atoms with E-state index in [9.17, 15) is 18.8 Å². The maximum Gasteiger partial charge on any atom is 0.233 e. The SMILES string of the molecule is O=C1CCC(=O)N1C1CC2CCC(C1)N2C(=O)CSc1ccc(F)cc1. The summed E-state index contributed by atoms with van der Waals surface area (Å²) >= 11 is 1.41. The van der Waals surface area contributed by atoms with Crippen LogP contribution in [0.1, 0.15) is 38.5 Å². The van der Waals surface area contributed by atoms with Gasteiger partial charge in [0.15, 0.2) is 0 Å². The van der Waals surface area contributed by atoms with E-state index in [1.807, 2.05) is 4.90 Å². The van der Waals surface area contributed by atoms with Crippen LogP contribution in [0, 0.1) is 5.82 Å². The third-order valence-corrected chi connectivity index (χ3v) is 6.62. The number of nitrogens with zero attached hydrogens (tertiary/aromatic N) is 2. The second kappa shape index (κ2) is 7.02. The van der Waals surface area contributed by atoms with Gasteiger partial charge in [-0.1, -0.05) is 0 Å². The van der Waals surface area contributed by atoms with Gasteiger partial charge in [0.05, 0.1) is 5.75 Å². The second-order valence-corrected chi connectivity index (χ2v) is 8.26. The van der Waals surface area contributed by atoms with Gasteiger partial charge in [-0.05, 0) is 49.9 Å². The molecule has 26 heavy (non-hydrogen) atoms. The zero-order valence-electron chi connectivity index (χ0n) is 14.4. The molecule has 2 atom stereocenters. The molecule has 3 saturated heterocycles. The third kappa shape index (κ3) is 3.24. The summed E-state index contributed by atoms with van der Waals surface area (Å²) in [5.41, 5.74) is 0. The molecule has 3 aliphatic heterocycles. The van der Waals surface area contributed by atoms with Gasteiger partial charge in [-0.2, -0.15) is 0 Å². The summed E-state index contributed by atoms with van der Waals surface area (Å²) in [7, 11) is 0. The molecule has 0 N–H and O–H groups in total. The van der Waals surface area contributed by atoms with Crippen molar-refractivity contribution in [3.05, 3.63) is 30.1 Å². The van der Waals surface area contributed by atoms with Crippen LogP contribution in [0.3, 0.4) is 0 Å². The van der Waals surface area contributed by atoms with Crippen LogP contribution in [0.5, 0.6) is 0 Å². The Kier molecular flexibility index (Phi) is 4.73. The predicted octanol–water partition coefficient (Wildman–Crippen LogP) is 2.59. The lowest BCUT2D eigenvalue weighted by molar-refractivity contribution is -0.144. The van der Waals surface area contributed by atoms with Crippen molar-refractivity contribution in [2.45, 2.75) is 61.5 Å². The van der Waals surface area contributed by atoms with Crippen LogP contribution in [0.15, 0.2) is 29.2 Å². The molecule has 3 heterocycles. The zero-order valence-corrected chi connectivity index (χ0v) is 15.2. The highest BCUT2D eigenvalue weighted by molar-refractivity contribution is 8.00. The lowest BCUT2D eigenvalue weighted by atomic mass is 9.96. The fourth-order valence-corrected chi connectivity index (χ4v) is 5.29. The van der Waals surface area contributed by atoms with Gasteiger partial charge in [-0.15, -0.1) is 11.8 Å². The van der Waals surface area contributed by atoms with E-state index in [0.29, 0.717) is 31.4 Å². The van der Waals surface area contributed by atoms with Crippen LogP contribution in [0.4, 0.5) is 4.39 Å². The van der Waals surface area contributed by atoms with Crippen LogP contribution in [-0.4, -0.2) is 51.4 Å². The monoisotopic (exact) mass is 376 g/mol. The Morgan fingerprint density at radius 2 is 1.58 bits per heavy atom. The Morgan fingerprint density at radius 3 is 2.15 bits per heavy atom. The highest BCUT2D eigenvalue weighted by Crippen LogP contribution is 2.39. The van der Waals surface area contributed by atoms with Crippen molar-refractivity contribution in [3.8, 4) is 0 Å². The van der Waals surface area contributed by atoms with Crippen molar-refractivity contribution in [1.82, 2.24) is 9.80 Å². The topological polar surface area (TPSA) is 57.7 Å². The van der Waals surface area contributed by atoms with Crippen LogP contribution in [0.25, 0.3) is 0 Å². The number of likely N-dealkylation sites (tertiary alicyclic amines) is 1. The molecule has 0 aliphatic carbocycles. The van der Waals surface area contributed by atoms with Crippen molar-refractivity contribution in [2.75, 3.05) is 5.75 Å². The molecule has 4 rings (SSSR count). The molecule has 0 saturated carbocycles. The maximum atomic E-state index is 13.0. The number of carbonyl (C=O) groups is 3. The van der Waals surface area contributed by atoms with Gasteiger partial charge in [0, 0.05) is 35.9 Å². The summed E-state index contributed by atoms with van der Waals surface area (Å²) in [6, 6.07) is 6.32. The van der Waals surface area contributed by atoms with Gasteiger partial charge in [0.25, 0.3) is 0 Å². The Hall–Kier alpha value is -1.89. The highest BCUT2D eigenvalue weighted by atomic mass is 32.2. The summed E-state index contributed by atoms with van der Waals surface area (Å²) in [5, 5.41) is 0. The molecule has 7 heteroatoms. The molecule has 3 aliphatic rings. The molecule has 1 aromatic rings. The Labute approximate surface area is 155 Å². The molecule has 2 unspecified atom stereocenters. The van der Waals surface area contributed by atoms with Crippen molar-refractivity contribution in [2.24, 2.45) is 0 Å². The number of hydrogen-bond acceptors (Lipinski definition) is 4. The summed E-state index contributed by atoms with van der Waals surface area (Å²) in [6.07, 6.45) is 3.90. The summed E-state index contributed by atoms with van der Waals surface area (Å²) in [6.45, 7) is 0. The van der Waals surface area contributed by atoms with E-state index in [1.165, 1.54) is 28.8 Å². The van der Waals surface area contributed by atoms with E-state index in [4.69, 9.17) is 0 Å². The van der Waals surface area contributed by atoms with Crippen molar-refractivity contribution >= 4 is 29.5 Å². The molecule has 2 bridgehead atoms. The molecule has 0 aromatic heterocycles. The Bertz CT molecular complexity index is 709. The number of rotatable bonds is 4. The smallest absolute Gasteiger partial charge is 0.233 e. The van der Waals surface area contributed by atoms with Crippen molar-refractivity contribution in [3.63, 3.8) is 0 Å². The van der Waals surface area contributed by atoms with Gasteiger partial charge in [0.1, 0.15) is 5.82 Å². The van der Waals surface area contributed by atoms with E-state index in [0.717, 1.165) is 17.7 Å².